The van der Waals surface area contributed by atoms with Crippen LogP contribution in [0.1, 0.15) is 16.1 Å². The molecule has 0 saturated heterocycles. The Hall–Kier alpha value is -0.900. The maximum absolute atomic E-state index is 10.9. The van der Waals surface area contributed by atoms with Crippen LogP contribution in [-0.4, -0.2) is 13.1 Å². The van der Waals surface area contributed by atoms with Gasteiger partial charge in [0.25, 0.3) is 0 Å². The van der Waals surface area contributed by atoms with E-state index in [-0.39, 0.29) is 5.76 Å². The summed E-state index contributed by atoms with van der Waals surface area (Å²) in [5.74, 6) is 0.252. The van der Waals surface area contributed by atoms with Crippen LogP contribution in [0.4, 0.5) is 0 Å². The van der Waals surface area contributed by atoms with Crippen molar-refractivity contribution in [2.24, 2.45) is 0 Å². The van der Waals surface area contributed by atoms with Gasteiger partial charge < -0.3 is 9.15 Å². The first kappa shape index (κ1) is 8.20. The SMILES string of the molecule is COC(=O)c1occc1CS. The lowest BCUT2D eigenvalue weighted by Crippen LogP contribution is -2.01. The molecule has 0 unspecified atom stereocenters. The fraction of sp³-hybridized carbons (Fsp3) is 0.286. The Morgan fingerprint density at radius 2 is 2.55 bits per heavy atom. The molecule has 1 heterocycles. The van der Waals surface area contributed by atoms with Gasteiger partial charge in [0.05, 0.1) is 13.4 Å². The topological polar surface area (TPSA) is 39.4 Å². The molecular formula is C7H8O3S. The van der Waals surface area contributed by atoms with E-state index in [1.54, 1.807) is 6.07 Å². The van der Waals surface area contributed by atoms with E-state index >= 15 is 0 Å². The molecule has 0 amide bonds. The van der Waals surface area contributed by atoms with Crippen LogP contribution in [0.25, 0.3) is 0 Å². The van der Waals surface area contributed by atoms with Gasteiger partial charge in [-0.1, -0.05) is 0 Å². The van der Waals surface area contributed by atoms with Gasteiger partial charge in [0.2, 0.25) is 5.76 Å². The number of rotatable bonds is 2. The molecule has 4 heteroatoms. The first-order valence-corrected chi connectivity index (χ1v) is 3.68. The number of carbonyl (C=O) groups is 1. The molecule has 0 aromatic carbocycles. The standard InChI is InChI=1S/C7H8O3S/c1-9-7(8)6-5(4-11)2-3-10-6/h2-3,11H,4H2,1H3. The van der Waals surface area contributed by atoms with E-state index in [9.17, 15) is 4.79 Å². The largest absolute Gasteiger partial charge is 0.463 e. The number of thiol groups is 1. The van der Waals surface area contributed by atoms with E-state index < -0.39 is 5.97 Å². The second-order valence-electron chi connectivity index (χ2n) is 1.92. The van der Waals surface area contributed by atoms with Crippen molar-refractivity contribution in [2.45, 2.75) is 5.75 Å². The highest BCUT2D eigenvalue weighted by atomic mass is 32.1. The zero-order valence-corrected chi connectivity index (χ0v) is 6.93. The van der Waals surface area contributed by atoms with Gasteiger partial charge in [-0.15, -0.1) is 0 Å². The summed E-state index contributed by atoms with van der Waals surface area (Å²) in [4.78, 5) is 10.9. The third kappa shape index (κ3) is 1.57. The Kier molecular flexibility index (Phi) is 2.59. The lowest BCUT2D eigenvalue weighted by Gasteiger charge is -1.95. The molecule has 0 fully saturated rings. The third-order valence-electron chi connectivity index (χ3n) is 1.29. The summed E-state index contributed by atoms with van der Waals surface area (Å²) in [5.41, 5.74) is 0.750. The Balaban J connectivity index is 2.92. The van der Waals surface area contributed by atoms with E-state index in [1.807, 2.05) is 0 Å². The minimum atomic E-state index is -0.459. The Morgan fingerprint density at radius 1 is 1.82 bits per heavy atom. The van der Waals surface area contributed by atoms with Crippen LogP contribution >= 0.6 is 12.6 Å². The van der Waals surface area contributed by atoms with Gasteiger partial charge >= 0.3 is 5.97 Å². The lowest BCUT2D eigenvalue weighted by molar-refractivity contribution is 0.0564. The molecule has 60 valence electrons. The maximum atomic E-state index is 10.9. The summed E-state index contributed by atoms with van der Waals surface area (Å²) in [6, 6.07) is 1.69. The fourth-order valence-corrected chi connectivity index (χ4v) is 0.981. The van der Waals surface area contributed by atoms with E-state index in [0.29, 0.717) is 5.75 Å². The Morgan fingerprint density at radius 3 is 3.09 bits per heavy atom. The number of hydrogen-bond donors (Lipinski definition) is 1. The van der Waals surface area contributed by atoms with Gasteiger partial charge in [-0.3, -0.25) is 0 Å². The van der Waals surface area contributed by atoms with E-state index in [2.05, 4.69) is 17.4 Å². The van der Waals surface area contributed by atoms with Crippen LogP contribution in [0.5, 0.6) is 0 Å². The summed E-state index contributed by atoms with van der Waals surface area (Å²) in [6.45, 7) is 0. The smallest absolute Gasteiger partial charge is 0.374 e. The zero-order chi connectivity index (χ0) is 8.27. The van der Waals surface area contributed by atoms with Crippen LogP contribution in [0.15, 0.2) is 16.7 Å². The normalized spacial score (nSPS) is 9.64. The number of esters is 1. The zero-order valence-electron chi connectivity index (χ0n) is 6.03. The molecule has 1 rings (SSSR count). The van der Waals surface area contributed by atoms with Crippen molar-refractivity contribution in [3.8, 4) is 0 Å². The minimum Gasteiger partial charge on any atom is -0.463 e. The summed E-state index contributed by atoms with van der Waals surface area (Å²) in [5, 5.41) is 0. The van der Waals surface area contributed by atoms with Gasteiger partial charge in [0, 0.05) is 11.3 Å². The highest BCUT2D eigenvalue weighted by molar-refractivity contribution is 7.79. The average Bonchev–Trinajstić information content (AvgIpc) is 2.50. The minimum absolute atomic E-state index is 0.238. The average molecular weight is 172 g/mol. The molecular weight excluding hydrogens is 164 g/mol. The quantitative estimate of drug-likeness (QED) is 0.542. The van der Waals surface area contributed by atoms with Gasteiger partial charge in [-0.05, 0) is 6.07 Å². The molecule has 0 atom stereocenters. The number of carbonyl (C=O) groups excluding carboxylic acids is 1. The second kappa shape index (κ2) is 3.48. The molecule has 0 spiro atoms. The molecule has 0 aliphatic heterocycles. The summed E-state index contributed by atoms with van der Waals surface area (Å²) >= 11 is 4.01. The number of methoxy groups -OCH3 is 1. The summed E-state index contributed by atoms with van der Waals surface area (Å²) in [7, 11) is 1.31. The fourth-order valence-electron chi connectivity index (χ4n) is 0.732. The Bertz CT molecular complexity index is 254. The van der Waals surface area contributed by atoms with Crippen molar-refractivity contribution in [2.75, 3.05) is 7.11 Å². The molecule has 0 saturated carbocycles. The van der Waals surface area contributed by atoms with Crippen molar-refractivity contribution >= 4 is 18.6 Å². The van der Waals surface area contributed by atoms with Crippen LogP contribution in [0.3, 0.4) is 0 Å². The van der Waals surface area contributed by atoms with Crippen LogP contribution in [0, 0.1) is 0 Å². The van der Waals surface area contributed by atoms with Crippen molar-refractivity contribution in [3.63, 3.8) is 0 Å². The molecule has 0 N–H and O–H groups in total. The first-order valence-electron chi connectivity index (χ1n) is 3.05. The predicted octanol–water partition coefficient (Wildman–Crippen LogP) is 1.50. The predicted molar refractivity (Wildman–Crippen MR) is 42.7 cm³/mol. The van der Waals surface area contributed by atoms with Crippen LogP contribution in [-0.2, 0) is 10.5 Å². The summed E-state index contributed by atoms with van der Waals surface area (Å²) in [6.07, 6.45) is 1.44. The first-order chi connectivity index (χ1) is 5.29. The molecule has 0 radical (unpaired) electrons. The molecule has 1 aromatic heterocycles. The van der Waals surface area contributed by atoms with E-state index in [0.717, 1.165) is 5.56 Å². The third-order valence-corrected chi connectivity index (χ3v) is 1.63. The molecule has 0 bridgehead atoms. The van der Waals surface area contributed by atoms with Crippen molar-refractivity contribution in [3.05, 3.63) is 23.7 Å². The van der Waals surface area contributed by atoms with Crippen LogP contribution < -0.4 is 0 Å². The van der Waals surface area contributed by atoms with Gasteiger partial charge in [0.15, 0.2) is 0 Å². The number of ether oxygens (including phenoxy) is 1. The highest BCUT2D eigenvalue weighted by Crippen LogP contribution is 2.13. The molecule has 0 aliphatic rings. The summed E-state index contributed by atoms with van der Waals surface area (Å²) < 4.78 is 9.36. The monoisotopic (exact) mass is 172 g/mol. The van der Waals surface area contributed by atoms with Gasteiger partial charge in [-0.25, -0.2) is 4.79 Å². The maximum Gasteiger partial charge on any atom is 0.374 e. The van der Waals surface area contributed by atoms with Gasteiger partial charge in [0.1, 0.15) is 0 Å². The molecule has 0 aliphatic carbocycles. The molecule has 3 nitrogen and oxygen atoms in total. The number of hydrogen-bond acceptors (Lipinski definition) is 4. The van der Waals surface area contributed by atoms with Crippen molar-refractivity contribution in [1.29, 1.82) is 0 Å². The highest BCUT2D eigenvalue weighted by Gasteiger charge is 2.13. The second-order valence-corrected chi connectivity index (χ2v) is 2.24. The van der Waals surface area contributed by atoms with Crippen LogP contribution in [0.2, 0.25) is 0 Å². The lowest BCUT2D eigenvalue weighted by atomic mass is 10.3. The van der Waals surface area contributed by atoms with Gasteiger partial charge in [-0.2, -0.15) is 12.6 Å². The molecule has 11 heavy (non-hydrogen) atoms. The van der Waals surface area contributed by atoms with Crippen molar-refractivity contribution in [1.82, 2.24) is 0 Å². The molecule has 1 aromatic rings. The van der Waals surface area contributed by atoms with E-state index in [1.165, 1.54) is 13.4 Å². The van der Waals surface area contributed by atoms with Crippen molar-refractivity contribution < 1.29 is 13.9 Å². The van der Waals surface area contributed by atoms with E-state index in [4.69, 9.17) is 4.42 Å². The Labute approximate surface area is 69.8 Å². The number of furan rings is 1.